The first kappa shape index (κ1) is 18.7. The quantitative estimate of drug-likeness (QED) is 0.785. The van der Waals surface area contributed by atoms with Gasteiger partial charge in [0, 0.05) is 31.0 Å². The number of carbonyl (C=O) groups is 1. The van der Waals surface area contributed by atoms with Crippen molar-refractivity contribution < 1.29 is 14.3 Å². The van der Waals surface area contributed by atoms with Crippen LogP contribution in [0.4, 0.5) is 11.4 Å². The summed E-state index contributed by atoms with van der Waals surface area (Å²) in [5.41, 5.74) is 1.99. The number of ether oxygens (including phenoxy) is 2. The molecule has 1 fully saturated rings. The molecule has 1 amide bonds. The van der Waals surface area contributed by atoms with Crippen molar-refractivity contribution in [2.45, 2.75) is 20.0 Å². The van der Waals surface area contributed by atoms with Gasteiger partial charge in [-0.05, 0) is 45.2 Å². The highest BCUT2D eigenvalue weighted by atomic mass is 16.5. The predicted octanol–water partition coefficient (Wildman–Crippen LogP) is 1.82. The zero-order valence-corrected chi connectivity index (χ0v) is 15.0. The Labute approximate surface area is 144 Å². The van der Waals surface area contributed by atoms with Crippen LogP contribution in [0.15, 0.2) is 24.3 Å². The van der Waals surface area contributed by atoms with Crippen molar-refractivity contribution in [3.8, 4) is 0 Å². The minimum Gasteiger partial charge on any atom is -0.378 e. The fraction of sp³-hybridized carbons (Fsp3) is 0.611. The van der Waals surface area contributed by atoms with E-state index in [2.05, 4.69) is 10.2 Å². The third kappa shape index (κ3) is 6.47. The number of amides is 1. The molecule has 0 aliphatic carbocycles. The van der Waals surface area contributed by atoms with E-state index in [1.165, 1.54) is 5.69 Å². The van der Waals surface area contributed by atoms with Crippen LogP contribution in [-0.2, 0) is 14.3 Å². The molecule has 24 heavy (non-hydrogen) atoms. The molecule has 1 aromatic rings. The molecule has 0 atom stereocenters. The van der Waals surface area contributed by atoms with Gasteiger partial charge in [0.2, 0.25) is 5.91 Å². The predicted molar refractivity (Wildman–Crippen MR) is 96.7 cm³/mol. The average Bonchev–Trinajstić information content (AvgIpc) is 2.56. The lowest BCUT2D eigenvalue weighted by molar-refractivity contribution is -0.117. The Balaban J connectivity index is 1.75. The average molecular weight is 335 g/mol. The van der Waals surface area contributed by atoms with Gasteiger partial charge in [-0.15, -0.1) is 0 Å². The summed E-state index contributed by atoms with van der Waals surface area (Å²) in [6, 6.07) is 7.98. The van der Waals surface area contributed by atoms with Crippen LogP contribution in [-0.4, -0.2) is 70.0 Å². The zero-order chi connectivity index (χ0) is 17.4. The SMILES string of the molecule is CC(C)OCCN(C)CC(=O)Nc1ccc(N2CCOCC2)cc1. The van der Waals surface area contributed by atoms with Crippen molar-refractivity contribution in [3.05, 3.63) is 24.3 Å². The molecule has 1 heterocycles. The Morgan fingerprint density at radius 3 is 2.58 bits per heavy atom. The number of anilines is 2. The van der Waals surface area contributed by atoms with E-state index >= 15 is 0 Å². The van der Waals surface area contributed by atoms with Crippen LogP contribution in [0.3, 0.4) is 0 Å². The number of hydrogen-bond donors (Lipinski definition) is 1. The molecule has 0 aromatic heterocycles. The number of morpholine rings is 1. The molecule has 0 bridgehead atoms. The highest BCUT2D eigenvalue weighted by Crippen LogP contribution is 2.18. The number of nitrogens with zero attached hydrogens (tertiary/aromatic N) is 2. The standard InChI is InChI=1S/C18H29N3O3/c1-15(2)24-13-8-20(3)14-18(22)19-16-4-6-17(7-5-16)21-9-11-23-12-10-21/h4-7,15H,8-14H2,1-3H3,(H,19,22). The maximum atomic E-state index is 12.1. The highest BCUT2D eigenvalue weighted by Gasteiger charge is 2.11. The molecule has 0 radical (unpaired) electrons. The minimum atomic E-state index is -0.0128. The molecule has 1 aliphatic heterocycles. The Morgan fingerprint density at radius 2 is 1.96 bits per heavy atom. The summed E-state index contributed by atoms with van der Waals surface area (Å²) in [5.74, 6) is -0.0128. The van der Waals surface area contributed by atoms with Gasteiger partial charge in [-0.25, -0.2) is 0 Å². The van der Waals surface area contributed by atoms with Gasteiger partial charge < -0.3 is 19.7 Å². The van der Waals surface area contributed by atoms with Crippen molar-refractivity contribution in [1.82, 2.24) is 4.90 Å². The maximum Gasteiger partial charge on any atom is 0.238 e. The third-order valence-corrected chi connectivity index (χ3v) is 3.87. The van der Waals surface area contributed by atoms with E-state index in [0.29, 0.717) is 13.2 Å². The van der Waals surface area contributed by atoms with E-state index in [9.17, 15) is 4.79 Å². The summed E-state index contributed by atoms with van der Waals surface area (Å²) in [5, 5.41) is 2.94. The van der Waals surface area contributed by atoms with Crippen LogP contribution in [0, 0.1) is 0 Å². The van der Waals surface area contributed by atoms with Gasteiger partial charge in [0.05, 0.1) is 32.5 Å². The van der Waals surface area contributed by atoms with Crippen LogP contribution in [0.25, 0.3) is 0 Å². The van der Waals surface area contributed by atoms with Crippen molar-refractivity contribution >= 4 is 17.3 Å². The molecule has 1 aliphatic rings. The van der Waals surface area contributed by atoms with Gasteiger partial charge in [0.1, 0.15) is 0 Å². The number of nitrogens with one attached hydrogen (secondary N) is 1. The van der Waals surface area contributed by atoms with Gasteiger partial charge in [-0.1, -0.05) is 0 Å². The van der Waals surface area contributed by atoms with E-state index in [0.717, 1.165) is 38.5 Å². The summed E-state index contributed by atoms with van der Waals surface area (Å²) in [4.78, 5) is 16.3. The molecule has 1 saturated heterocycles. The number of benzene rings is 1. The van der Waals surface area contributed by atoms with E-state index in [1.54, 1.807) is 0 Å². The van der Waals surface area contributed by atoms with Crippen LogP contribution in [0.2, 0.25) is 0 Å². The van der Waals surface area contributed by atoms with E-state index in [1.807, 2.05) is 50.1 Å². The second-order valence-electron chi connectivity index (χ2n) is 6.35. The smallest absolute Gasteiger partial charge is 0.238 e. The molecule has 0 unspecified atom stereocenters. The Hall–Kier alpha value is -1.63. The number of hydrogen-bond acceptors (Lipinski definition) is 5. The molecular formula is C18H29N3O3. The molecule has 1 aromatic carbocycles. The van der Waals surface area contributed by atoms with Crippen LogP contribution in [0.1, 0.15) is 13.8 Å². The van der Waals surface area contributed by atoms with Crippen LogP contribution in [0.5, 0.6) is 0 Å². The molecule has 6 heteroatoms. The number of likely N-dealkylation sites (N-methyl/N-ethyl adjacent to an activating group) is 1. The Morgan fingerprint density at radius 1 is 1.29 bits per heavy atom. The third-order valence-electron chi connectivity index (χ3n) is 3.87. The summed E-state index contributed by atoms with van der Waals surface area (Å²) in [7, 11) is 1.92. The largest absolute Gasteiger partial charge is 0.378 e. The monoisotopic (exact) mass is 335 g/mol. The first-order chi connectivity index (χ1) is 11.5. The molecule has 134 valence electrons. The van der Waals surface area contributed by atoms with Gasteiger partial charge in [-0.3, -0.25) is 9.69 Å². The summed E-state index contributed by atoms with van der Waals surface area (Å²) >= 11 is 0. The van der Waals surface area contributed by atoms with Gasteiger partial charge in [-0.2, -0.15) is 0 Å². The van der Waals surface area contributed by atoms with Crippen molar-refractivity contribution in [2.75, 3.05) is 63.3 Å². The molecular weight excluding hydrogens is 306 g/mol. The van der Waals surface area contributed by atoms with Gasteiger partial charge >= 0.3 is 0 Å². The van der Waals surface area contributed by atoms with Crippen LogP contribution >= 0.6 is 0 Å². The van der Waals surface area contributed by atoms with Crippen molar-refractivity contribution in [3.63, 3.8) is 0 Å². The highest BCUT2D eigenvalue weighted by molar-refractivity contribution is 5.92. The summed E-state index contributed by atoms with van der Waals surface area (Å²) in [6.07, 6.45) is 0.220. The lowest BCUT2D eigenvalue weighted by Crippen LogP contribution is -2.36. The molecule has 2 rings (SSSR count). The van der Waals surface area contributed by atoms with E-state index in [-0.39, 0.29) is 12.0 Å². The molecule has 6 nitrogen and oxygen atoms in total. The zero-order valence-electron chi connectivity index (χ0n) is 15.0. The van der Waals surface area contributed by atoms with Crippen molar-refractivity contribution in [1.29, 1.82) is 0 Å². The Bertz CT molecular complexity index is 499. The van der Waals surface area contributed by atoms with Gasteiger partial charge in [0.25, 0.3) is 0 Å². The Kier molecular flexibility index (Phi) is 7.49. The minimum absolute atomic E-state index is 0.0128. The lowest BCUT2D eigenvalue weighted by atomic mass is 10.2. The lowest BCUT2D eigenvalue weighted by Gasteiger charge is -2.28. The van der Waals surface area contributed by atoms with Gasteiger partial charge in [0.15, 0.2) is 0 Å². The fourth-order valence-corrected chi connectivity index (χ4v) is 2.55. The number of rotatable bonds is 8. The topological polar surface area (TPSA) is 54.0 Å². The molecule has 0 spiro atoms. The molecule has 0 saturated carbocycles. The fourth-order valence-electron chi connectivity index (χ4n) is 2.55. The van der Waals surface area contributed by atoms with E-state index in [4.69, 9.17) is 9.47 Å². The first-order valence-electron chi connectivity index (χ1n) is 8.57. The van der Waals surface area contributed by atoms with Crippen molar-refractivity contribution in [2.24, 2.45) is 0 Å². The summed E-state index contributed by atoms with van der Waals surface area (Å²) in [6.45, 7) is 9.10. The molecule has 1 N–H and O–H groups in total. The van der Waals surface area contributed by atoms with Crippen LogP contribution < -0.4 is 10.2 Å². The second-order valence-corrected chi connectivity index (χ2v) is 6.35. The number of carbonyl (C=O) groups excluding carboxylic acids is 1. The normalized spacial score (nSPS) is 15.1. The second kappa shape index (κ2) is 9.61. The maximum absolute atomic E-state index is 12.1. The van der Waals surface area contributed by atoms with E-state index < -0.39 is 0 Å². The summed E-state index contributed by atoms with van der Waals surface area (Å²) < 4.78 is 10.9. The first-order valence-corrected chi connectivity index (χ1v) is 8.57.